The van der Waals surface area contributed by atoms with Gasteiger partial charge in [-0.3, -0.25) is 9.97 Å². The van der Waals surface area contributed by atoms with Crippen LogP contribution in [0.3, 0.4) is 0 Å². The molecule has 1 aliphatic heterocycles. The van der Waals surface area contributed by atoms with E-state index < -0.39 is 5.41 Å². The average Bonchev–Trinajstić information content (AvgIpc) is 4.10. The molecular formula is C60H34N6S. The van der Waals surface area contributed by atoms with Crippen molar-refractivity contribution in [2.45, 2.75) is 15.2 Å². The maximum absolute atomic E-state index is 7.85. The lowest BCUT2D eigenvalue weighted by molar-refractivity contribution is 0.717. The Labute approximate surface area is 388 Å². The van der Waals surface area contributed by atoms with Crippen molar-refractivity contribution < 1.29 is 0 Å². The fourth-order valence-electron chi connectivity index (χ4n) is 11.7. The summed E-state index contributed by atoms with van der Waals surface area (Å²) in [6.45, 7) is 7.85. The minimum absolute atomic E-state index is 0.619. The van der Waals surface area contributed by atoms with E-state index in [-0.39, 0.29) is 0 Å². The summed E-state index contributed by atoms with van der Waals surface area (Å²) in [6.07, 6.45) is 4.05. The monoisotopic (exact) mass is 870 g/mol. The second-order valence-electron chi connectivity index (χ2n) is 17.6. The third kappa shape index (κ3) is 4.79. The highest BCUT2D eigenvalue weighted by atomic mass is 32.2. The highest BCUT2D eigenvalue weighted by Gasteiger charge is 2.52. The van der Waals surface area contributed by atoms with Crippen molar-refractivity contribution in [2.24, 2.45) is 0 Å². The summed E-state index contributed by atoms with van der Waals surface area (Å²) in [5.74, 6) is 0. The maximum Gasteiger partial charge on any atom is 0.188 e. The number of hydrogen-bond acceptors (Lipinski definition) is 3. The van der Waals surface area contributed by atoms with Crippen LogP contribution < -0.4 is 0 Å². The molecule has 13 aromatic rings. The molecule has 0 amide bonds. The summed E-state index contributed by atoms with van der Waals surface area (Å²) < 4.78 is 7.12. The van der Waals surface area contributed by atoms with E-state index in [2.05, 4.69) is 201 Å². The van der Waals surface area contributed by atoms with Crippen LogP contribution in [0.5, 0.6) is 0 Å². The lowest BCUT2D eigenvalue weighted by Gasteiger charge is -2.39. The minimum Gasteiger partial charge on any atom is -0.309 e. The van der Waals surface area contributed by atoms with Gasteiger partial charge in [-0.2, -0.15) is 0 Å². The first-order valence-electron chi connectivity index (χ1n) is 22.5. The van der Waals surface area contributed by atoms with Crippen molar-refractivity contribution in [1.82, 2.24) is 23.7 Å². The molecule has 0 saturated carbocycles. The number of fused-ring (bicyclic) bond motifs is 18. The standard InChI is InChI=1S/C60H34N6S/c1-61-36-26-28-55-45(30-36)44-18-6-12-24-54(44)66(55)39-33-49-59(63-35-39)58-48(32-38(34-62-58)65-52-22-10-4-16-42(52)43-17-5-11-23-53(43)65)60(49)46-19-7-13-25-56(46)67-57-29-27-37(31-47(57)60)64-50-20-8-2-14-40(50)41-15-3-9-21-51(41)64/h2-35H. The van der Waals surface area contributed by atoms with E-state index in [1.54, 1.807) is 0 Å². The Morgan fingerprint density at radius 2 is 0.791 bits per heavy atom. The molecule has 2 aliphatic rings. The fourth-order valence-corrected chi connectivity index (χ4v) is 12.9. The molecule has 0 saturated heterocycles. The largest absolute Gasteiger partial charge is 0.309 e. The lowest BCUT2D eigenvalue weighted by atomic mass is 9.67. The molecular weight excluding hydrogens is 837 g/mol. The Morgan fingerprint density at radius 1 is 0.373 bits per heavy atom. The Bertz CT molecular complexity index is 4250. The number of hydrogen-bond donors (Lipinski definition) is 0. The van der Waals surface area contributed by atoms with Gasteiger partial charge in [-0.05, 0) is 95.4 Å². The lowest BCUT2D eigenvalue weighted by Crippen LogP contribution is -2.32. The zero-order valence-corrected chi connectivity index (χ0v) is 36.5. The number of aromatic nitrogens is 5. The van der Waals surface area contributed by atoms with Gasteiger partial charge in [-0.25, -0.2) is 4.85 Å². The number of para-hydroxylation sites is 5. The van der Waals surface area contributed by atoms with Crippen molar-refractivity contribution in [3.05, 3.63) is 240 Å². The third-order valence-electron chi connectivity index (χ3n) is 14.4. The van der Waals surface area contributed by atoms with E-state index in [0.29, 0.717) is 5.69 Å². The molecule has 0 bridgehead atoms. The molecule has 15 rings (SSSR count). The van der Waals surface area contributed by atoms with Crippen LogP contribution in [-0.2, 0) is 5.41 Å². The molecule has 8 aromatic carbocycles. The van der Waals surface area contributed by atoms with Gasteiger partial charge >= 0.3 is 0 Å². The van der Waals surface area contributed by atoms with Gasteiger partial charge in [0.1, 0.15) is 0 Å². The zero-order chi connectivity index (χ0) is 44.0. The topological polar surface area (TPSA) is 44.9 Å². The molecule has 1 aliphatic carbocycles. The van der Waals surface area contributed by atoms with Crippen LogP contribution in [0, 0.1) is 6.57 Å². The van der Waals surface area contributed by atoms with Gasteiger partial charge in [0.15, 0.2) is 5.69 Å². The summed E-state index contributed by atoms with van der Waals surface area (Å²) in [7, 11) is 0. The highest BCUT2D eigenvalue weighted by Crippen LogP contribution is 2.62. The van der Waals surface area contributed by atoms with Crippen LogP contribution in [-0.4, -0.2) is 23.7 Å². The summed E-state index contributed by atoms with van der Waals surface area (Å²) in [6, 6.07) is 70.1. The first-order valence-corrected chi connectivity index (χ1v) is 23.3. The predicted octanol–water partition coefficient (Wildman–Crippen LogP) is 15.1. The van der Waals surface area contributed by atoms with Gasteiger partial charge in [-0.1, -0.05) is 127 Å². The van der Waals surface area contributed by atoms with Gasteiger partial charge < -0.3 is 13.7 Å². The van der Waals surface area contributed by atoms with E-state index in [1.165, 1.54) is 53.5 Å². The average molecular weight is 871 g/mol. The van der Waals surface area contributed by atoms with Crippen LogP contribution in [0.25, 0.3) is 98.7 Å². The van der Waals surface area contributed by atoms with Crippen molar-refractivity contribution in [3.63, 3.8) is 0 Å². The molecule has 1 unspecified atom stereocenters. The summed E-state index contributed by atoms with van der Waals surface area (Å²) >= 11 is 1.84. The maximum atomic E-state index is 7.85. The summed E-state index contributed by atoms with van der Waals surface area (Å²) in [4.78, 5) is 17.2. The minimum atomic E-state index is -0.822. The van der Waals surface area contributed by atoms with Gasteiger partial charge in [0.2, 0.25) is 0 Å². The number of pyridine rings is 2. The van der Waals surface area contributed by atoms with Crippen LogP contribution in [0.2, 0.25) is 0 Å². The van der Waals surface area contributed by atoms with Crippen molar-refractivity contribution in [1.29, 1.82) is 0 Å². The van der Waals surface area contributed by atoms with Crippen molar-refractivity contribution in [3.8, 4) is 28.5 Å². The molecule has 6 nitrogen and oxygen atoms in total. The predicted molar refractivity (Wildman–Crippen MR) is 273 cm³/mol. The third-order valence-corrected chi connectivity index (χ3v) is 15.5. The Morgan fingerprint density at radius 3 is 1.31 bits per heavy atom. The Hall–Kier alpha value is -8.70. The Kier molecular flexibility index (Phi) is 7.34. The molecule has 7 heteroatoms. The number of nitrogens with zero attached hydrogens (tertiary/aromatic N) is 6. The van der Waals surface area contributed by atoms with E-state index in [1.807, 2.05) is 36.3 Å². The fraction of sp³-hybridized carbons (Fsp3) is 0.0167. The van der Waals surface area contributed by atoms with E-state index >= 15 is 0 Å². The first-order chi connectivity index (χ1) is 33.2. The van der Waals surface area contributed by atoms with Crippen LogP contribution in [0.15, 0.2) is 216 Å². The molecule has 1 atom stereocenters. The second kappa shape index (κ2) is 13.4. The number of benzene rings is 8. The van der Waals surface area contributed by atoms with Crippen molar-refractivity contribution >= 4 is 82.9 Å². The quantitative estimate of drug-likeness (QED) is 0.166. The molecule has 0 radical (unpaired) electrons. The first kappa shape index (κ1) is 36.6. The van der Waals surface area contributed by atoms with Crippen LogP contribution in [0.4, 0.5) is 5.69 Å². The molecule has 0 fully saturated rings. The number of rotatable bonds is 3. The van der Waals surface area contributed by atoms with Gasteiger partial charge in [0.05, 0.1) is 80.2 Å². The molecule has 1 spiro atoms. The van der Waals surface area contributed by atoms with Crippen LogP contribution in [0.1, 0.15) is 22.3 Å². The molecule has 6 heterocycles. The van der Waals surface area contributed by atoms with Gasteiger partial charge in [0.25, 0.3) is 0 Å². The van der Waals surface area contributed by atoms with E-state index in [4.69, 9.17) is 16.5 Å². The van der Waals surface area contributed by atoms with E-state index in [0.717, 1.165) is 72.4 Å². The van der Waals surface area contributed by atoms with Crippen LogP contribution >= 0.6 is 11.8 Å². The Balaban J connectivity index is 1.08. The van der Waals surface area contributed by atoms with Gasteiger partial charge in [-0.15, -0.1) is 0 Å². The van der Waals surface area contributed by atoms with E-state index in [9.17, 15) is 0 Å². The smallest absolute Gasteiger partial charge is 0.188 e. The molecule has 5 aromatic heterocycles. The highest BCUT2D eigenvalue weighted by molar-refractivity contribution is 7.99. The summed E-state index contributed by atoms with van der Waals surface area (Å²) in [5, 5.41) is 7.01. The normalized spacial score (nSPS) is 14.9. The van der Waals surface area contributed by atoms with Crippen molar-refractivity contribution in [2.75, 3.05) is 0 Å². The summed E-state index contributed by atoms with van der Waals surface area (Å²) in [5.41, 5.74) is 15.9. The molecule has 67 heavy (non-hydrogen) atoms. The SMILES string of the molecule is [C-]#[N+]c1ccc2c(c1)c1ccccc1n2-c1cnc2c(c1)C1(c3ccccc3Sc3ccc(-n4c5ccccc5c5ccccc54)cc31)c1cc(-n3c4ccccc4c4ccccc43)cnc1-2. The molecule has 0 N–H and O–H groups in total. The second-order valence-corrected chi connectivity index (χ2v) is 18.7. The zero-order valence-electron chi connectivity index (χ0n) is 35.7. The molecule has 310 valence electrons. The van der Waals surface area contributed by atoms with Gasteiger partial charge in [0, 0.05) is 53.5 Å².